The maximum atomic E-state index is 11.8. The van der Waals surface area contributed by atoms with Crippen LogP contribution in [0.2, 0.25) is 0 Å². The first kappa shape index (κ1) is 16.7. The van der Waals surface area contributed by atoms with Crippen molar-refractivity contribution in [3.63, 3.8) is 0 Å². The molecular weight excluding hydrogens is 236 g/mol. The summed E-state index contributed by atoms with van der Waals surface area (Å²) < 4.78 is 0. The van der Waals surface area contributed by atoms with Gasteiger partial charge in [0.1, 0.15) is 0 Å². The van der Waals surface area contributed by atoms with E-state index in [1.165, 1.54) is 12.8 Å². The third kappa shape index (κ3) is 5.73. The Kier molecular flexibility index (Phi) is 7.80. The first-order valence-electron chi connectivity index (χ1n) is 6.55. The fourth-order valence-electron chi connectivity index (χ4n) is 1.96. The van der Waals surface area contributed by atoms with Crippen molar-refractivity contribution >= 4 is 18.3 Å². The lowest BCUT2D eigenvalue weighted by atomic mass is 9.89. The predicted molar refractivity (Wildman–Crippen MR) is 74.5 cm³/mol. The molecule has 0 aromatic carbocycles. The van der Waals surface area contributed by atoms with Crippen molar-refractivity contribution in [2.45, 2.75) is 46.5 Å². The molecule has 1 atom stereocenters. The van der Waals surface area contributed by atoms with Crippen LogP contribution in [0.1, 0.15) is 46.5 Å². The third-order valence-electron chi connectivity index (χ3n) is 3.74. The smallest absolute Gasteiger partial charge is 0.225 e. The Hall–Kier alpha value is -0.280. The van der Waals surface area contributed by atoms with Crippen LogP contribution in [0.25, 0.3) is 0 Å². The van der Waals surface area contributed by atoms with Gasteiger partial charge in [-0.05, 0) is 44.7 Å². The van der Waals surface area contributed by atoms with Gasteiger partial charge in [0, 0.05) is 12.0 Å². The molecule has 0 aromatic heterocycles. The number of halogens is 1. The molecule has 0 saturated carbocycles. The fraction of sp³-hybridized carbons (Fsp3) is 0.923. The number of carbonyl (C=O) groups is 1. The van der Waals surface area contributed by atoms with Crippen molar-refractivity contribution < 1.29 is 4.79 Å². The quantitative estimate of drug-likeness (QED) is 0.799. The summed E-state index contributed by atoms with van der Waals surface area (Å²) in [5.74, 6) is 0.942. The molecule has 0 radical (unpaired) electrons. The number of hydrogen-bond donors (Lipinski definition) is 2. The summed E-state index contributed by atoms with van der Waals surface area (Å²) in [5.41, 5.74) is -0.217. The SMILES string of the molecule is CCC(C)(C)C(=O)NCCC1CCCNC1.Cl. The Morgan fingerprint density at radius 3 is 2.71 bits per heavy atom. The summed E-state index contributed by atoms with van der Waals surface area (Å²) in [6.45, 7) is 9.17. The molecule has 1 aliphatic rings. The molecule has 1 unspecified atom stereocenters. The average molecular weight is 263 g/mol. The van der Waals surface area contributed by atoms with Gasteiger partial charge < -0.3 is 10.6 Å². The van der Waals surface area contributed by atoms with E-state index in [0.717, 1.165) is 38.4 Å². The normalized spacial score (nSPS) is 20.5. The van der Waals surface area contributed by atoms with E-state index in [2.05, 4.69) is 17.6 Å². The summed E-state index contributed by atoms with van der Waals surface area (Å²) in [4.78, 5) is 11.8. The summed E-state index contributed by atoms with van der Waals surface area (Å²) >= 11 is 0. The minimum absolute atomic E-state index is 0. The highest BCUT2D eigenvalue weighted by atomic mass is 35.5. The summed E-state index contributed by atoms with van der Waals surface area (Å²) in [7, 11) is 0. The van der Waals surface area contributed by atoms with Crippen LogP contribution in [-0.4, -0.2) is 25.5 Å². The van der Waals surface area contributed by atoms with Gasteiger partial charge in [-0.2, -0.15) is 0 Å². The Bertz CT molecular complexity index is 225. The van der Waals surface area contributed by atoms with E-state index in [-0.39, 0.29) is 23.7 Å². The highest BCUT2D eigenvalue weighted by Crippen LogP contribution is 2.19. The molecule has 102 valence electrons. The van der Waals surface area contributed by atoms with Crippen LogP contribution >= 0.6 is 12.4 Å². The van der Waals surface area contributed by atoms with Crippen LogP contribution in [0.5, 0.6) is 0 Å². The maximum Gasteiger partial charge on any atom is 0.225 e. The Morgan fingerprint density at radius 1 is 1.47 bits per heavy atom. The fourth-order valence-corrected chi connectivity index (χ4v) is 1.96. The van der Waals surface area contributed by atoms with Gasteiger partial charge in [0.25, 0.3) is 0 Å². The van der Waals surface area contributed by atoms with Crippen LogP contribution in [0.15, 0.2) is 0 Å². The Balaban J connectivity index is 0.00000256. The third-order valence-corrected chi connectivity index (χ3v) is 3.74. The zero-order chi connectivity index (χ0) is 12.0. The summed E-state index contributed by atoms with van der Waals surface area (Å²) in [6.07, 6.45) is 4.58. The molecule has 4 heteroatoms. The van der Waals surface area contributed by atoms with E-state index in [9.17, 15) is 4.79 Å². The number of piperidine rings is 1. The molecule has 1 aliphatic heterocycles. The van der Waals surface area contributed by atoms with E-state index in [1.807, 2.05) is 13.8 Å². The van der Waals surface area contributed by atoms with Crippen molar-refractivity contribution in [2.75, 3.05) is 19.6 Å². The van der Waals surface area contributed by atoms with E-state index in [1.54, 1.807) is 0 Å². The van der Waals surface area contributed by atoms with Crippen LogP contribution in [0.3, 0.4) is 0 Å². The largest absolute Gasteiger partial charge is 0.356 e. The molecule has 1 saturated heterocycles. The molecule has 1 amide bonds. The standard InChI is InChI=1S/C13H26N2O.ClH/c1-4-13(2,3)12(16)15-9-7-11-6-5-8-14-10-11;/h11,14H,4-10H2,1-3H3,(H,15,16);1H. The van der Waals surface area contributed by atoms with Gasteiger partial charge >= 0.3 is 0 Å². The summed E-state index contributed by atoms with van der Waals surface area (Å²) in [5, 5.41) is 6.46. The van der Waals surface area contributed by atoms with E-state index < -0.39 is 0 Å². The molecule has 1 heterocycles. The summed E-state index contributed by atoms with van der Waals surface area (Å²) in [6, 6.07) is 0. The zero-order valence-corrected chi connectivity index (χ0v) is 12.2. The topological polar surface area (TPSA) is 41.1 Å². The van der Waals surface area contributed by atoms with E-state index in [0.29, 0.717) is 0 Å². The van der Waals surface area contributed by atoms with Crippen LogP contribution in [-0.2, 0) is 4.79 Å². The van der Waals surface area contributed by atoms with Crippen LogP contribution in [0.4, 0.5) is 0 Å². The number of hydrogen-bond acceptors (Lipinski definition) is 2. The molecular formula is C13H27ClN2O. The molecule has 3 nitrogen and oxygen atoms in total. The predicted octanol–water partition coefficient (Wildman–Crippen LogP) is 2.35. The average Bonchev–Trinajstić information content (AvgIpc) is 2.30. The van der Waals surface area contributed by atoms with E-state index in [4.69, 9.17) is 0 Å². The van der Waals surface area contributed by atoms with Crippen LogP contribution < -0.4 is 10.6 Å². The van der Waals surface area contributed by atoms with Gasteiger partial charge in [-0.15, -0.1) is 12.4 Å². The first-order chi connectivity index (χ1) is 7.56. The van der Waals surface area contributed by atoms with Crippen molar-refractivity contribution in [3.8, 4) is 0 Å². The zero-order valence-electron chi connectivity index (χ0n) is 11.3. The molecule has 0 aromatic rings. The van der Waals surface area contributed by atoms with Gasteiger partial charge in [-0.25, -0.2) is 0 Å². The first-order valence-corrected chi connectivity index (χ1v) is 6.55. The van der Waals surface area contributed by atoms with Crippen molar-refractivity contribution in [1.29, 1.82) is 0 Å². The number of amides is 1. The van der Waals surface area contributed by atoms with Crippen LogP contribution in [0, 0.1) is 11.3 Å². The lowest BCUT2D eigenvalue weighted by Gasteiger charge is -2.25. The lowest BCUT2D eigenvalue weighted by Crippen LogP contribution is -2.38. The van der Waals surface area contributed by atoms with E-state index >= 15 is 0 Å². The second-order valence-corrected chi connectivity index (χ2v) is 5.49. The minimum Gasteiger partial charge on any atom is -0.356 e. The Morgan fingerprint density at radius 2 is 2.18 bits per heavy atom. The molecule has 0 bridgehead atoms. The molecule has 17 heavy (non-hydrogen) atoms. The lowest BCUT2D eigenvalue weighted by molar-refractivity contribution is -0.129. The van der Waals surface area contributed by atoms with Crippen molar-refractivity contribution in [3.05, 3.63) is 0 Å². The minimum atomic E-state index is -0.217. The van der Waals surface area contributed by atoms with Gasteiger partial charge in [-0.3, -0.25) is 4.79 Å². The number of nitrogens with one attached hydrogen (secondary N) is 2. The molecule has 1 fully saturated rings. The van der Waals surface area contributed by atoms with Crippen molar-refractivity contribution in [1.82, 2.24) is 10.6 Å². The number of carbonyl (C=O) groups excluding carboxylic acids is 1. The maximum absolute atomic E-state index is 11.8. The number of rotatable bonds is 5. The second-order valence-electron chi connectivity index (χ2n) is 5.49. The van der Waals surface area contributed by atoms with Gasteiger partial charge in [0.15, 0.2) is 0 Å². The monoisotopic (exact) mass is 262 g/mol. The van der Waals surface area contributed by atoms with Crippen molar-refractivity contribution in [2.24, 2.45) is 11.3 Å². The molecule has 0 aliphatic carbocycles. The second kappa shape index (κ2) is 7.93. The molecule has 2 N–H and O–H groups in total. The highest BCUT2D eigenvalue weighted by Gasteiger charge is 2.24. The van der Waals surface area contributed by atoms with Gasteiger partial charge in [0.2, 0.25) is 5.91 Å². The van der Waals surface area contributed by atoms with Gasteiger partial charge in [-0.1, -0.05) is 20.8 Å². The molecule has 0 spiro atoms. The van der Waals surface area contributed by atoms with Gasteiger partial charge in [0.05, 0.1) is 0 Å². The molecule has 1 rings (SSSR count). The highest BCUT2D eigenvalue weighted by molar-refractivity contribution is 5.85. The Labute approximate surface area is 112 Å².